The number of fused-ring (bicyclic) bond motifs is 1. The maximum absolute atomic E-state index is 5.13. The molecule has 0 radical (unpaired) electrons. The molecule has 0 N–H and O–H groups in total. The van der Waals surface area contributed by atoms with E-state index in [9.17, 15) is 0 Å². The minimum atomic E-state index is 0.773. The highest BCUT2D eigenvalue weighted by Crippen LogP contribution is 2.33. The molecule has 0 atom stereocenters. The zero-order valence-corrected chi connectivity index (χ0v) is 26.4. The lowest BCUT2D eigenvalue weighted by atomic mass is 9.94. The van der Waals surface area contributed by atoms with E-state index in [4.69, 9.17) is 4.98 Å². The summed E-state index contributed by atoms with van der Waals surface area (Å²) < 4.78 is 0. The molecule has 4 heteroatoms. The van der Waals surface area contributed by atoms with Gasteiger partial charge in [-0.1, -0.05) is 52.0 Å². The number of rotatable bonds is 9. The second kappa shape index (κ2) is 13.4. The van der Waals surface area contributed by atoms with Gasteiger partial charge in [-0.2, -0.15) is 0 Å². The van der Waals surface area contributed by atoms with Crippen LogP contribution in [0.5, 0.6) is 0 Å². The largest absolute Gasteiger partial charge is 0.375 e. The highest BCUT2D eigenvalue weighted by molar-refractivity contribution is 5.84. The Kier molecular flexibility index (Phi) is 9.70. The Labute approximate surface area is 249 Å². The van der Waals surface area contributed by atoms with Crippen LogP contribution < -0.4 is 0 Å². The summed E-state index contributed by atoms with van der Waals surface area (Å²) in [6, 6.07) is 7.70. The van der Waals surface area contributed by atoms with E-state index >= 15 is 0 Å². The Bertz CT molecular complexity index is 1330. The molecule has 1 aromatic heterocycles. The molecule has 5 rings (SSSR count). The summed E-state index contributed by atoms with van der Waals surface area (Å²) >= 11 is 0. The molecule has 0 unspecified atom stereocenters. The van der Waals surface area contributed by atoms with Crippen LogP contribution in [0.25, 0.3) is 10.9 Å². The van der Waals surface area contributed by atoms with Gasteiger partial charge in [-0.3, -0.25) is 4.98 Å². The number of hydrogen-bond acceptors (Lipinski definition) is 4. The Morgan fingerprint density at radius 3 is 2.39 bits per heavy atom. The molecule has 1 aromatic carbocycles. The normalized spacial score (nSPS) is 20.1. The van der Waals surface area contributed by atoms with E-state index in [2.05, 4.69) is 92.3 Å². The van der Waals surface area contributed by atoms with Crippen molar-refractivity contribution in [2.24, 2.45) is 0 Å². The van der Waals surface area contributed by atoms with E-state index in [0.29, 0.717) is 0 Å². The van der Waals surface area contributed by atoms with E-state index in [-0.39, 0.29) is 0 Å². The van der Waals surface area contributed by atoms with Crippen LogP contribution >= 0.6 is 0 Å². The van der Waals surface area contributed by atoms with Gasteiger partial charge >= 0.3 is 0 Å². The van der Waals surface area contributed by atoms with Gasteiger partial charge in [0.05, 0.1) is 5.52 Å². The summed E-state index contributed by atoms with van der Waals surface area (Å²) in [5, 5.41) is 1.31. The summed E-state index contributed by atoms with van der Waals surface area (Å²) in [6.07, 6.45) is 17.7. The number of aromatic nitrogens is 1. The van der Waals surface area contributed by atoms with Gasteiger partial charge in [-0.15, -0.1) is 0 Å². The van der Waals surface area contributed by atoms with Crippen LogP contribution in [0, 0.1) is 6.92 Å². The predicted molar refractivity (Wildman–Crippen MR) is 175 cm³/mol. The first-order valence-corrected chi connectivity index (χ1v) is 16.4. The van der Waals surface area contributed by atoms with Crippen molar-refractivity contribution in [1.29, 1.82) is 0 Å². The Morgan fingerprint density at radius 1 is 0.951 bits per heavy atom. The highest BCUT2D eigenvalue weighted by Gasteiger charge is 2.26. The van der Waals surface area contributed by atoms with Gasteiger partial charge in [0.1, 0.15) is 0 Å². The molecule has 2 saturated heterocycles. The zero-order valence-electron chi connectivity index (χ0n) is 26.4. The molecule has 0 amide bonds. The molecular weight excluding hydrogens is 500 g/mol. The first-order chi connectivity index (χ1) is 19.9. The molecule has 220 valence electrons. The monoisotopic (exact) mass is 552 g/mol. The SMILES string of the molecule is C=C(Cc1ccc2nc(C)c(CN3C(C)=CC=C(CC)/C3=C\CC)c(CC)c2c1)N1CCC(N2CCCCC2)CC1. The van der Waals surface area contributed by atoms with Crippen LogP contribution in [0.2, 0.25) is 0 Å². The van der Waals surface area contributed by atoms with E-state index < -0.39 is 0 Å². The lowest BCUT2D eigenvalue weighted by Crippen LogP contribution is -2.46. The molecular formula is C37H52N4. The van der Waals surface area contributed by atoms with Crippen molar-refractivity contribution in [2.45, 2.75) is 105 Å². The molecule has 4 heterocycles. The molecule has 3 aliphatic rings. The fraction of sp³-hybridized carbons (Fsp3) is 0.541. The summed E-state index contributed by atoms with van der Waals surface area (Å²) in [4.78, 5) is 12.9. The predicted octanol–water partition coefficient (Wildman–Crippen LogP) is 8.46. The van der Waals surface area contributed by atoms with Gasteiger partial charge in [0.25, 0.3) is 0 Å². The van der Waals surface area contributed by atoms with Crippen LogP contribution in [-0.4, -0.2) is 51.9 Å². The van der Waals surface area contributed by atoms with Gasteiger partial charge in [-0.05, 0) is 112 Å². The fourth-order valence-corrected chi connectivity index (χ4v) is 7.31. The maximum atomic E-state index is 5.13. The van der Waals surface area contributed by atoms with Crippen LogP contribution in [-0.2, 0) is 19.4 Å². The number of benzene rings is 1. The van der Waals surface area contributed by atoms with E-state index in [1.165, 1.54) is 89.9 Å². The van der Waals surface area contributed by atoms with Crippen LogP contribution in [0.4, 0.5) is 0 Å². The van der Waals surface area contributed by atoms with Gasteiger partial charge < -0.3 is 14.7 Å². The molecule has 0 aliphatic carbocycles. The van der Waals surface area contributed by atoms with Crippen molar-refractivity contribution in [3.8, 4) is 0 Å². The lowest BCUT2D eigenvalue weighted by Gasteiger charge is -2.41. The lowest BCUT2D eigenvalue weighted by molar-refractivity contribution is 0.104. The summed E-state index contributed by atoms with van der Waals surface area (Å²) in [7, 11) is 0. The van der Waals surface area contributed by atoms with Crippen molar-refractivity contribution in [3.05, 3.63) is 88.1 Å². The van der Waals surface area contributed by atoms with Crippen LogP contribution in [0.1, 0.15) is 95.0 Å². The van der Waals surface area contributed by atoms with E-state index in [1.807, 2.05) is 0 Å². The topological polar surface area (TPSA) is 22.6 Å². The first-order valence-electron chi connectivity index (χ1n) is 16.4. The summed E-state index contributed by atoms with van der Waals surface area (Å²) in [6.45, 7) is 21.5. The van der Waals surface area contributed by atoms with Crippen molar-refractivity contribution in [3.63, 3.8) is 0 Å². The molecule has 4 nitrogen and oxygen atoms in total. The number of hydrogen-bond donors (Lipinski definition) is 0. The van der Waals surface area contributed by atoms with Gasteiger partial charge in [0, 0.05) is 60.3 Å². The molecule has 3 aliphatic heterocycles. The third kappa shape index (κ3) is 6.48. The smallest absolute Gasteiger partial charge is 0.0708 e. The second-order valence-electron chi connectivity index (χ2n) is 12.4. The second-order valence-corrected chi connectivity index (χ2v) is 12.4. The number of aryl methyl sites for hydroxylation is 2. The summed E-state index contributed by atoms with van der Waals surface area (Å²) in [5.41, 5.74) is 11.8. The number of piperidine rings is 2. The third-order valence-electron chi connectivity index (χ3n) is 9.72. The zero-order chi connectivity index (χ0) is 28.9. The first kappa shape index (κ1) is 29.6. The van der Waals surface area contributed by atoms with E-state index in [0.717, 1.165) is 62.6 Å². The number of pyridine rings is 1. The highest BCUT2D eigenvalue weighted by atomic mass is 15.2. The van der Waals surface area contributed by atoms with Crippen molar-refractivity contribution < 1.29 is 0 Å². The minimum Gasteiger partial charge on any atom is -0.375 e. The number of allylic oxidation sites excluding steroid dienone is 6. The molecule has 0 bridgehead atoms. The standard InChI is InChI=1S/C37H52N4/c1-7-13-37-31(8-2)16-14-27(4)41(37)26-35-29(6)38-36-17-15-30(25-34(36)33(35)9-3)24-28(5)39-22-18-32(19-23-39)40-20-11-10-12-21-40/h13-17,25,32H,5,7-12,18-24,26H2,1-4,6H3/b37-13+. The van der Waals surface area contributed by atoms with Crippen LogP contribution in [0.15, 0.2) is 65.7 Å². The number of nitrogens with zero attached hydrogens (tertiary/aromatic N) is 4. The Hall–Kier alpha value is -2.85. The molecule has 2 fully saturated rings. The molecule has 2 aromatic rings. The third-order valence-corrected chi connectivity index (χ3v) is 9.72. The molecule has 0 saturated carbocycles. The minimum absolute atomic E-state index is 0.773. The van der Waals surface area contributed by atoms with Crippen LogP contribution in [0.3, 0.4) is 0 Å². The Balaban J connectivity index is 1.35. The van der Waals surface area contributed by atoms with Crippen molar-refractivity contribution in [2.75, 3.05) is 26.2 Å². The molecule has 41 heavy (non-hydrogen) atoms. The fourth-order valence-electron chi connectivity index (χ4n) is 7.31. The average molecular weight is 553 g/mol. The van der Waals surface area contributed by atoms with E-state index in [1.54, 1.807) is 0 Å². The van der Waals surface area contributed by atoms with Gasteiger partial charge in [0.15, 0.2) is 0 Å². The number of likely N-dealkylation sites (tertiary alicyclic amines) is 2. The summed E-state index contributed by atoms with van der Waals surface area (Å²) in [5.74, 6) is 0. The Morgan fingerprint density at radius 2 is 1.71 bits per heavy atom. The van der Waals surface area contributed by atoms with Gasteiger partial charge in [-0.25, -0.2) is 0 Å². The van der Waals surface area contributed by atoms with Gasteiger partial charge in [0.2, 0.25) is 0 Å². The average Bonchev–Trinajstić information content (AvgIpc) is 3.00. The quantitative estimate of drug-likeness (QED) is 0.311. The van der Waals surface area contributed by atoms with Crippen molar-refractivity contribution in [1.82, 2.24) is 19.7 Å². The molecule has 0 spiro atoms. The maximum Gasteiger partial charge on any atom is 0.0708 e. The van der Waals surface area contributed by atoms with Crippen molar-refractivity contribution >= 4 is 10.9 Å².